The fourth-order valence-electron chi connectivity index (χ4n) is 3.81. The summed E-state index contributed by atoms with van der Waals surface area (Å²) in [5, 5.41) is 13.6. The van der Waals surface area contributed by atoms with Crippen LogP contribution < -0.4 is 10.5 Å². The minimum atomic E-state index is -3.81. The summed E-state index contributed by atoms with van der Waals surface area (Å²) in [6, 6.07) is 8.67. The van der Waals surface area contributed by atoms with Gasteiger partial charge in [0.25, 0.3) is 0 Å². The number of nitrogens with one attached hydrogen (secondary N) is 1. The second kappa shape index (κ2) is 8.07. The van der Waals surface area contributed by atoms with Crippen molar-refractivity contribution in [1.82, 2.24) is 14.9 Å². The Labute approximate surface area is 181 Å². The van der Waals surface area contributed by atoms with Gasteiger partial charge in [0.1, 0.15) is 5.82 Å². The lowest BCUT2D eigenvalue weighted by atomic mass is 9.69. The summed E-state index contributed by atoms with van der Waals surface area (Å²) < 4.78 is 34.4. The fourth-order valence-corrected chi connectivity index (χ4v) is 5.17. The topological polar surface area (TPSA) is 131 Å². The van der Waals surface area contributed by atoms with E-state index in [-0.39, 0.29) is 29.3 Å². The first-order valence-electron chi connectivity index (χ1n) is 10.1. The summed E-state index contributed by atoms with van der Waals surface area (Å²) in [7, 11) is -3.81. The highest BCUT2D eigenvalue weighted by molar-refractivity contribution is 7.89. The van der Waals surface area contributed by atoms with Gasteiger partial charge in [-0.05, 0) is 38.8 Å². The lowest BCUT2D eigenvalue weighted by Gasteiger charge is -2.40. The van der Waals surface area contributed by atoms with E-state index in [1.807, 2.05) is 13.0 Å². The number of nitrogen functional groups attached to an aromatic ring is 1. The SMILES string of the molecule is Cc1ccc(S(=O)(=O)NCC2(CO)CCC2)c(-c2cnc(N)c(-c3cc(C)no3)c2)c1. The van der Waals surface area contributed by atoms with Crippen LogP contribution in [0, 0.1) is 19.3 Å². The van der Waals surface area contributed by atoms with Crippen LogP contribution in [0.25, 0.3) is 22.5 Å². The third-order valence-electron chi connectivity index (χ3n) is 5.93. The van der Waals surface area contributed by atoms with Crippen LogP contribution >= 0.6 is 0 Å². The van der Waals surface area contributed by atoms with Gasteiger partial charge in [0.2, 0.25) is 10.0 Å². The monoisotopic (exact) mass is 442 g/mol. The number of hydrogen-bond donors (Lipinski definition) is 3. The van der Waals surface area contributed by atoms with Gasteiger partial charge in [0, 0.05) is 42.0 Å². The van der Waals surface area contributed by atoms with Crippen molar-refractivity contribution in [1.29, 1.82) is 0 Å². The number of sulfonamides is 1. The van der Waals surface area contributed by atoms with E-state index in [4.69, 9.17) is 10.3 Å². The second-order valence-corrected chi connectivity index (χ2v) is 10.1. The molecule has 3 aromatic rings. The van der Waals surface area contributed by atoms with E-state index in [0.29, 0.717) is 28.1 Å². The standard InChI is InChI=1S/C22H26N4O4S/c1-14-4-5-20(31(28,29)25-12-22(13-27)6-3-7-22)17(8-14)16-10-18(21(23)24-11-16)19-9-15(2)26-30-19/h4-5,8-11,25,27H,3,6-7,12-13H2,1-2H3,(H2,23,24). The van der Waals surface area contributed by atoms with Crippen LogP contribution in [0.4, 0.5) is 5.82 Å². The van der Waals surface area contributed by atoms with E-state index in [1.165, 1.54) is 0 Å². The van der Waals surface area contributed by atoms with Crippen molar-refractivity contribution in [3.05, 3.63) is 47.8 Å². The van der Waals surface area contributed by atoms with Crippen LogP contribution in [-0.4, -0.2) is 36.8 Å². The normalized spacial score (nSPS) is 15.6. The average Bonchev–Trinajstić information content (AvgIpc) is 3.13. The molecule has 2 heterocycles. The zero-order valence-electron chi connectivity index (χ0n) is 17.6. The number of anilines is 1. The summed E-state index contributed by atoms with van der Waals surface area (Å²) in [6.07, 6.45) is 4.18. The van der Waals surface area contributed by atoms with Gasteiger partial charge >= 0.3 is 0 Å². The quantitative estimate of drug-likeness (QED) is 0.512. The predicted octanol–water partition coefficient (Wildman–Crippen LogP) is 3.04. The van der Waals surface area contributed by atoms with Gasteiger partial charge in [-0.3, -0.25) is 0 Å². The van der Waals surface area contributed by atoms with Crippen molar-refractivity contribution in [2.24, 2.45) is 5.41 Å². The number of aryl methyl sites for hydroxylation is 2. The lowest BCUT2D eigenvalue weighted by Crippen LogP contribution is -2.44. The molecule has 0 amide bonds. The molecule has 4 N–H and O–H groups in total. The molecule has 0 atom stereocenters. The van der Waals surface area contributed by atoms with E-state index >= 15 is 0 Å². The molecule has 9 heteroatoms. The second-order valence-electron chi connectivity index (χ2n) is 8.33. The molecule has 1 fully saturated rings. The minimum Gasteiger partial charge on any atom is -0.396 e. The van der Waals surface area contributed by atoms with Crippen LogP contribution in [0.2, 0.25) is 0 Å². The Balaban J connectivity index is 1.74. The highest BCUT2D eigenvalue weighted by Gasteiger charge is 2.37. The summed E-state index contributed by atoms with van der Waals surface area (Å²) in [6.45, 7) is 3.88. The van der Waals surface area contributed by atoms with Gasteiger partial charge in [0.15, 0.2) is 5.76 Å². The van der Waals surface area contributed by atoms with Crippen molar-refractivity contribution >= 4 is 15.8 Å². The number of aromatic nitrogens is 2. The van der Waals surface area contributed by atoms with E-state index in [2.05, 4.69) is 14.9 Å². The third kappa shape index (κ3) is 4.21. The smallest absolute Gasteiger partial charge is 0.241 e. The number of benzene rings is 1. The van der Waals surface area contributed by atoms with Crippen LogP contribution in [-0.2, 0) is 10.0 Å². The zero-order chi connectivity index (χ0) is 22.2. The Morgan fingerprint density at radius 1 is 1.19 bits per heavy atom. The summed E-state index contributed by atoms with van der Waals surface area (Å²) in [4.78, 5) is 4.41. The molecule has 0 aliphatic heterocycles. The lowest BCUT2D eigenvalue weighted by molar-refractivity contribution is 0.0499. The highest BCUT2D eigenvalue weighted by atomic mass is 32.2. The van der Waals surface area contributed by atoms with Crippen LogP contribution in [0.3, 0.4) is 0 Å². The maximum atomic E-state index is 13.2. The highest BCUT2D eigenvalue weighted by Crippen LogP contribution is 2.40. The van der Waals surface area contributed by atoms with Gasteiger partial charge in [-0.15, -0.1) is 0 Å². The van der Waals surface area contributed by atoms with Crippen LogP contribution in [0.1, 0.15) is 30.5 Å². The van der Waals surface area contributed by atoms with Crippen molar-refractivity contribution in [3.63, 3.8) is 0 Å². The largest absolute Gasteiger partial charge is 0.396 e. The average molecular weight is 443 g/mol. The molecule has 0 radical (unpaired) electrons. The molecule has 164 valence electrons. The van der Waals surface area contributed by atoms with Gasteiger partial charge < -0.3 is 15.4 Å². The zero-order valence-corrected chi connectivity index (χ0v) is 18.4. The Kier molecular flexibility index (Phi) is 5.59. The van der Waals surface area contributed by atoms with E-state index in [9.17, 15) is 13.5 Å². The molecule has 1 aromatic carbocycles. The number of rotatable bonds is 7. The Bertz CT molecular complexity index is 1210. The summed E-state index contributed by atoms with van der Waals surface area (Å²) in [5.74, 6) is 0.736. The van der Waals surface area contributed by atoms with Gasteiger partial charge in [-0.2, -0.15) is 0 Å². The van der Waals surface area contributed by atoms with Crippen molar-refractivity contribution in [2.45, 2.75) is 38.0 Å². The van der Waals surface area contributed by atoms with Crippen LogP contribution in [0.15, 0.2) is 45.9 Å². The van der Waals surface area contributed by atoms with Crippen molar-refractivity contribution < 1.29 is 18.0 Å². The van der Waals surface area contributed by atoms with E-state index < -0.39 is 10.0 Å². The number of pyridine rings is 1. The predicted molar refractivity (Wildman–Crippen MR) is 118 cm³/mol. The first kappa shape index (κ1) is 21.5. The van der Waals surface area contributed by atoms with Gasteiger partial charge in [-0.1, -0.05) is 29.3 Å². The first-order chi connectivity index (χ1) is 14.7. The molecule has 0 saturated heterocycles. The molecule has 0 unspecified atom stereocenters. The van der Waals surface area contributed by atoms with Gasteiger partial charge in [-0.25, -0.2) is 18.1 Å². The minimum absolute atomic E-state index is 0.0296. The molecule has 31 heavy (non-hydrogen) atoms. The first-order valence-corrected chi connectivity index (χ1v) is 11.6. The number of nitrogens with two attached hydrogens (primary N) is 1. The maximum Gasteiger partial charge on any atom is 0.241 e. The molecule has 1 aliphatic carbocycles. The van der Waals surface area contributed by atoms with Crippen molar-refractivity contribution in [3.8, 4) is 22.5 Å². The third-order valence-corrected chi connectivity index (χ3v) is 7.39. The summed E-state index contributed by atoms with van der Waals surface area (Å²) in [5.41, 5.74) is 8.96. The van der Waals surface area contributed by atoms with E-state index in [1.54, 1.807) is 37.4 Å². The molecular weight excluding hydrogens is 416 g/mol. The number of nitrogens with zero attached hydrogens (tertiary/aromatic N) is 2. The maximum absolute atomic E-state index is 13.2. The molecule has 0 bridgehead atoms. The Morgan fingerprint density at radius 2 is 1.97 bits per heavy atom. The van der Waals surface area contributed by atoms with E-state index in [0.717, 1.165) is 24.8 Å². The molecule has 4 rings (SSSR count). The Hall–Kier alpha value is -2.75. The van der Waals surface area contributed by atoms with Gasteiger partial charge in [0.05, 0.1) is 16.2 Å². The summed E-state index contributed by atoms with van der Waals surface area (Å²) >= 11 is 0. The molecular formula is C22H26N4O4S. The molecule has 1 saturated carbocycles. The van der Waals surface area contributed by atoms with Crippen molar-refractivity contribution in [2.75, 3.05) is 18.9 Å². The number of aliphatic hydroxyl groups excluding tert-OH is 1. The molecule has 2 aromatic heterocycles. The fraction of sp³-hybridized carbons (Fsp3) is 0.364. The number of hydrogen-bond acceptors (Lipinski definition) is 7. The number of aliphatic hydroxyl groups is 1. The molecule has 0 spiro atoms. The molecule has 1 aliphatic rings. The van der Waals surface area contributed by atoms with Crippen LogP contribution in [0.5, 0.6) is 0 Å². The molecule has 8 nitrogen and oxygen atoms in total. The Morgan fingerprint density at radius 3 is 2.58 bits per heavy atom.